The molecule has 1 aromatic heterocycles. The molecule has 5 rings (SSSR count). The number of aryl methyl sites for hydroxylation is 1. The highest BCUT2D eigenvalue weighted by Gasteiger charge is 2.44. The van der Waals surface area contributed by atoms with Gasteiger partial charge in [-0.25, -0.2) is 14.6 Å². The summed E-state index contributed by atoms with van der Waals surface area (Å²) in [6, 6.07) is 13.2. The van der Waals surface area contributed by atoms with Crippen LogP contribution in [0.4, 0.5) is 28.4 Å². The van der Waals surface area contributed by atoms with Gasteiger partial charge in [0.15, 0.2) is 0 Å². The molecule has 220 valence electrons. The van der Waals surface area contributed by atoms with Gasteiger partial charge in [0.05, 0.1) is 23.3 Å². The number of nitrogens with one attached hydrogen (secondary N) is 1. The summed E-state index contributed by atoms with van der Waals surface area (Å²) in [6.07, 6.45) is -4.88. The van der Waals surface area contributed by atoms with Crippen LogP contribution < -0.4 is 10.2 Å². The molecule has 2 atom stereocenters. The number of para-hydroxylation sites is 1. The van der Waals surface area contributed by atoms with Crippen molar-refractivity contribution in [1.82, 2.24) is 19.8 Å². The van der Waals surface area contributed by atoms with Gasteiger partial charge < -0.3 is 19.5 Å². The smallest absolute Gasteiger partial charge is 0.407 e. The fraction of sp³-hybridized carbons (Fsp3) is 0.500. The summed E-state index contributed by atoms with van der Waals surface area (Å²) in [5.41, 5.74) is 3.22. The molecule has 2 aromatic carbocycles. The van der Waals surface area contributed by atoms with Crippen molar-refractivity contribution < 1.29 is 27.5 Å². The molecule has 8 nitrogen and oxygen atoms in total. The van der Waals surface area contributed by atoms with E-state index in [4.69, 9.17) is 9.72 Å². The monoisotopic (exact) mass is 571 g/mol. The van der Waals surface area contributed by atoms with Crippen molar-refractivity contribution in [2.24, 2.45) is 5.92 Å². The zero-order valence-electron chi connectivity index (χ0n) is 23.8. The number of aromatic nitrogens is 2. The number of halogens is 3. The van der Waals surface area contributed by atoms with Gasteiger partial charge in [-0.3, -0.25) is 4.90 Å². The normalized spacial score (nSPS) is 19.0. The molecule has 1 saturated carbocycles. The fourth-order valence-electron chi connectivity index (χ4n) is 5.34. The van der Waals surface area contributed by atoms with Crippen molar-refractivity contribution in [1.29, 1.82) is 0 Å². The Morgan fingerprint density at radius 1 is 1.15 bits per heavy atom. The quantitative estimate of drug-likeness (QED) is 0.324. The lowest BCUT2D eigenvalue weighted by Gasteiger charge is -2.37. The lowest BCUT2D eigenvalue weighted by atomic mass is 10.1. The number of hydrogen-bond acceptors (Lipinski definition) is 4. The minimum absolute atomic E-state index is 0.105. The first-order valence-corrected chi connectivity index (χ1v) is 14.0. The van der Waals surface area contributed by atoms with Gasteiger partial charge in [-0.2, -0.15) is 13.2 Å². The number of anilines is 1. The number of nitrogens with zero attached hydrogens (tertiary/aromatic N) is 4. The first kappa shape index (κ1) is 28.8. The number of carbonyl (C=O) groups is 2. The first-order valence-electron chi connectivity index (χ1n) is 14.0. The van der Waals surface area contributed by atoms with Crippen molar-refractivity contribution in [2.75, 3.05) is 4.90 Å². The SMILES string of the molecule is CC1CC1N1Cc2ccccc2N(Cc2nc3cc(CNC(=O)OC(C)(C)C)ccc3n2CCCC(F)(F)F)C1=O. The second-order valence-corrected chi connectivity index (χ2v) is 12.0. The largest absolute Gasteiger partial charge is 0.444 e. The van der Waals surface area contributed by atoms with Gasteiger partial charge in [0, 0.05) is 32.1 Å². The molecule has 0 saturated heterocycles. The molecule has 2 unspecified atom stereocenters. The maximum atomic E-state index is 13.7. The Morgan fingerprint density at radius 3 is 2.56 bits per heavy atom. The summed E-state index contributed by atoms with van der Waals surface area (Å²) in [7, 11) is 0. The molecular weight excluding hydrogens is 535 g/mol. The molecule has 1 N–H and O–H groups in total. The van der Waals surface area contributed by atoms with Gasteiger partial charge in [0.25, 0.3) is 0 Å². The summed E-state index contributed by atoms with van der Waals surface area (Å²) in [4.78, 5) is 34.2. The third-order valence-electron chi connectivity index (χ3n) is 7.44. The first-order chi connectivity index (χ1) is 19.3. The number of alkyl halides is 3. The van der Waals surface area contributed by atoms with Gasteiger partial charge in [-0.15, -0.1) is 0 Å². The van der Waals surface area contributed by atoms with E-state index in [0.29, 0.717) is 29.3 Å². The Kier molecular flexibility index (Phi) is 7.65. The van der Waals surface area contributed by atoms with E-state index >= 15 is 0 Å². The summed E-state index contributed by atoms with van der Waals surface area (Å²) in [5.74, 6) is 0.944. The van der Waals surface area contributed by atoms with Crippen molar-refractivity contribution in [2.45, 2.75) is 91.0 Å². The minimum Gasteiger partial charge on any atom is -0.444 e. The second-order valence-electron chi connectivity index (χ2n) is 12.0. The van der Waals surface area contributed by atoms with Gasteiger partial charge in [0.1, 0.15) is 11.4 Å². The number of alkyl carbamates (subject to hydrolysis) is 1. The maximum absolute atomic E-state index is 13.7. The standard InChI is InChI=1S/C30H36F3N5O3/c1-19-14-25(19)37-17-21-8-5-6-9-23(21)38(28(37)40)18-26-35-22-15-20(16-34-27(39)41-29(2,3)4)10-11-24(22)36(26)13-7-12-30(31,32)33/h5-6,8-11,15,19,25H,7,12-14,16-18H2,1-4H3,(H,34,39). The van der Waals surface area contributed by atoms with Gasteiger partial charge in [0.2, 0.25) is 0 Å². The number of fused-ring (bicyclic) bond motifs is 2. The van der Waals surface area contributed by atoms with Crippen LogP contribution in [-0.4, -0.2) is 44.4 Å². The number of benzene rings is 2. The highest BCUT2D eigenvalue weighted by Crippen LogP contribution is 2.41. The summed E-state index contributed by atoms with van der Waals surface area (Å²) in [6.45, 7) is 8.43. The van der Waals surface area contributed by atoms with E-state index in [2.05, 4.69) is 12.2 Å². The number of ether oxygens (including phenoxy) is 1. The van der Waals surface area contributed by atoms with Crippen molar-refractivity contribution in [3.8, 4) is 0 Å². The van der Waals surface area contributed by atoms with E-state index in [-0.39, 0.29) is 38.1 Å². The molecule has 2 aliphatic rings. The number of imidazole rings is 1. The highest BCUT2D eigenvalue weighted by atomic mass is 19.4. The van der Waals surface area contributed by atoms with Crippen LogP contribution in [0.3, 0.4) is 0 Å². The van der Waals surface area contributed by atoms with Crippen molar-refractivity contribution in [3.05, 3.63) is 59.4 Å². The molecule has 1 aliphatic heterocycles. The molecule has 1 fully saturated rings. The van der Waals surface area contributed by atoms with Gasteiger partial charge in [-0.1, -0.05) is 31.2 Å². The van der Waals surface area contributed by atoms with Crippen LogP contribution in [0.5, 0.6) is 0 Å². The van der Waals surface area contributed by atoms with E-state index in [9.17, 15) is 22.8 Å². The Balaban J connectivity index is 1.44. The zero-order valence-corrected chi connectivity index (χ0v) is 23.8. The van der Waals surface area contributed by atoms with Crippen LogP contribution in [0.25, 0.3) is 11.0 Å². The predicted octanol–water partition coefficient (Wildman–Crippen LogP) is 6.75. The van der Waals surface area contributed by atoms with Crippen LogP contribution in [0, 0.1) is 5.92 Å². The predicted molar refractivity (Wildman–Crippen MR) is 149 cm³/mol. The molecule has 1 aliphatic carbocycles. The van der Waals surface area contributed by atoms with Crippen LogP contribution in [0.2, 0.25) is 0 Å². The molecule has 0 spiro atoms. The lowest BCUT2D eigenvalue weighted by Crippen LogP contribution is -2.48. The van der Waals surface area contributed by atoms with Crippen LogP contribution in [0.1, 0.15) is 63.9 Å². The summed E-state index contributed by atoms with van der Waals surface area (Å²) < 4.78 is 46.1. The molecule has 41 heavy (non-hydrogen) atoms. The number of amides is 3. The van der Waals surface area contributed by atoms with Gasteiger partial charge in [-0.05, 0) is 68.9 Å². The van der Waals surface area contributed by atoms with Crippen molar-refractivity contribution >= 4 is 28.8 Å². The number of rotatable bonds is 8. The average Bonchev–Trinajstić information content (AvgIpc) is 3.51. The summed E-state index contributed by atoms with van der Waals surface area (Å²) >= 11 is 0. The van der Waals surface area contributed by atoms with E-state index in [1.807, 2.05) is 35.2 Å². The number of urea groups is 1. The third-order valence-corrected chi connectivity index (χ3v) is 7.44. The molecule has 0 radical (unpaired) electrons. The van der Waals surface area contributed by atoms with E-state index in [1.165, 1.54) is 0 Å². The topological polar surface area (TPSA) is 79.7 Å². The Labute approximate surface area is 237 Å². The molecule has 3 aromatic rings. The maximum Gasteiger partial charge on any atom is 0.407 e. The molecule has 11 heteroatoms. The Morgan fingerprint density at radius 2 is 1.88 bits per heavy atom. The second kappa shape index (κ2) is 10.9. The number of hydrogen-bond donors (Lipinski definition) is 1. The van der Waals surface area contributed by atoms with E-state index in [0.717, 1.165) is 23.2 Å². The molecule has 2 heterocycles. The van der Waals surface area contributed by atoms with E-state index < -0.39 is 24.3 Å². The van der Waals surface area contributed by atoms with Gasteiger partial charge >= 0.3 is 18.3 Å². The van der Waals surface area contributed by atoms with Crippen LogP contribution in [0.15, 0.2) is 42.5 Å². The minimum atomic E-state index is -4.26. The van der Waals surface area contributed by atoms with E-state index in [1.54, 1.807) is 42.4 Å². The average molecular weight is 572 g/mol. The van der Waals surface area contributed by atoms with Crippen LogP contribution in [-0.2, 0) is 30.9 Å². The third kappa shape index (κ3) is 6.77. The highest BCUT2D eigenvalue weighted by molar-refractivity contribution is 5.95. The number of carbonyl (C=O) groups excluding carboxylic acids is 2. The fourth-order valence-corrected chi connectivity index (χ4v) is 5.34. The van der Waals surface area contributed by atoms with Crippen molar-refractivity contribution in [3.63, 3.8) is 0 Å². The molecule has 3 amide bonds. The molecular formula is C30H36F3N5O3. The Hall–Kier alpha value is -3.76. The Bertz CT molecular complexity index is 1450. The van der Waals surface area contributed by atoms with Crippen LogP contribution >= 0.6 is 0 Å². The lowest BCUT2D eigenvalue weighted by molar-refractivity contribution is -0.135. The molecule has 0 bridgehead atoms. The summed E-state index contributed by atoms with van der Waals surface area (Å²) in [5, 5.41) is 2.72. The zero-order chi connectivity index (χ0) is 29.5.